The highest BCUT2D eigenvalue weighted by atomic mass is 32.2. The van der Waals surface area contributed by atoms with Gasteiger partial charge >= 0.3 is 5.97 Å². The first kappa shape index (κ1) is 16.6. The van der Waals surface area contributed by atoms with Crippen molar-refractivity contribution in [2.24, 2.45) is 5.92 Å². The molecule has 0 bridgehead atoms. The molecule has 1 N–H and O–H groups in total. The monoisotopic (exact) mass is 302 g/mol. The van der Waals surface area contributed by atoms with Gasteiger partial charge in [-0.25, -0.2) is 12.8 Å². The van der Waals surface area contributed by atoms with E-state index in [2.05, 4.69) is 0 Å². The van der Waals surface area contributed by atoms with Crippen LogP contribution in [0.1, 0.15) is 25.3 Å². The van der Waals surface area contributed by atoms with E-state index >= 15 is 0 Å². The predicted molar refractivity (Wildman–Crippen MR) is 74.8 cm³/mol. The van der Waals surface area contributed by atoms with Gasteiger partial charge in [0, 0.05) is 5.75 Å². The van der Waals surface area contributed by atoms with Gasteiger partial charge in [0.25, 0.3) is 0 Å². The van der Waals surface area contributed by atoms with Crippen LogP contribution in [-0.2, 0) is 21.1 Å². The molecular formula is C14H19FO4S. The van der Waals surface area contributed by atoms with E-state index in [0.29, 0.717) is 12.0 Å². The van der Waals surface area contributed by atoms with Gasteiger partial charge in [-0.1, -0.05) is 19.1 Å². The third-order valence-electron chi connectivity index (χ3n) is 3.01. The summed E-state index contributed by atoms with van der Waals surface area (Å²) in [6.45, 7) is 1.76. The maximum absolute atomic E-state index is 13.1. The Morgan fingerprint density at radius 3 is 2.60 bits per heavy atom. The van der Waals surface area contributed by atoms with Crippen molar-refractivity contribution in [3.63, 3.8) is 0 Å². The first-order valence-corrected chi connectivity index (χ1v) is 8.34. The zero-order valence-electron chi connectivity index (χ0n) is 11.4. The number of sulfone groups is 1. The normalized spacial score (nSPS) is 13.1. The molecule has 0 aliphatic heterocycles. The van der Waals surface area contributed by atoms with Crippen LogP contribution in [0.4, 0.5) is 4.39 Å². The van der Waals surface area contributed by atoms with Gasteiger partial charge in [0.15, 0.2) is 0 Å². The van der Waals surface area contributed by atoms with Gasteiger partial charge in [0.05, 0.1) is 11.7 Å². The fourth-order valence-electron chi connectivity index (χ4n) is 2.00. The predicted octanol–water partition coefficient (Wildman–Crippen LogP) is 2.28. The molecule has 0 saturated carbocycles. The molecule has 112 valence electrons. The summed E-state index contributed by atoms with van der Waals surface area (Å²) in [7, 11) is -3.20. The molecule has 1 rings (SSSR count). The molecule has 0 aliphatic rings. The fraction of sp³-hybridized carbons (Fsp3) is 0.500. The van der Waals surface area contributed by atoms with Gasteiger partial charge in [-0.15, -0.1) is 0 Å². The molecule has 0 spiro atoms. The second kappa shape index (κ2) is 7.38. The Hall–Kier alpha value is -1.43. The number of hydrogen-bond donors (Lipinski definition) is 1. The van der Waals surface area contributed by atoms with Crippen LogP contribution in [0.15, 0.2) is 24.3 Å². The highest BCUT2D eigenvalue weighted by Gasteiger charge is 2.21. The number of rotatable bonds is 8. The Balaban J connectivity index is 2.69. The quantitative estimate of drug-likeness (QED) is 0.799. The number of carboxylic acid groups (broad SMARTS) is 1. The van der Waals surface area contributed by atoms with Crippen LogP contribution in [0.2, 0.25) is 0 Å². The number of carbonyl (C=O) groups is 1. The van der Waals surface area contributed by atoms with Crippen molar-refractivity contribution < 1.29 is 22.7 Å². The third kappa shape index (κ3) is 5.69. The lowest BCUT2D eigenvalue weighted by Gasteiger charge is -2.12. The molecule has 0 radical (unpaired) electrons. The van der Waals surface area contributed by atoms with Crippen molar-refractivity contribution in [3.8, 4) is 0 Å². The van der Waals surface area contributed by atoms with Crippen molar-refractivity contribution in [1.29, 1.82) is 0 Å². The largest absolute Gasteiger partial charge is 0.481 e. The Morgan fingerprint density at radius 2 is 2.05 bits per heavy atom. The maximum atomic E-state index is 13.1. The average Bonchev–Trinajstić information content (AvgIpc) is 2.34. The molecule has 20 heavy (non-hydrogen) atoms. The van der Waals surface area contributed by atoms with Crippen LogP contribution in [0, 0.1) is 11.7 Å². The van der Waals surface area contributed by atoms with Gasteiger partial charge in [0.2, 0.25) is 0 Å². The van der Waals surface area contributed by atoms with E-state index in [1.54, 1.807) is 13.0 Å². The first-order valence-electron chi connectivity index (χ1n) is 6.51. The van der Waals surface area contributed by atoms with Gasteiger partial charge in [-0.05, 0) is 37.0 Å². The minimum atomic E-state index is -3.20. The molecule has 6 heteroatoms. The lowest BCUT2D eigenvalue weighted by molar-refractivity contribution is -0.141. The highest BCUT2D eigenvalue weighted by Crippen LogP contribution is 2.15. The molecule has 1 aromatic rings. The van der Waals surface area contributed by atoms with E-state index < -0.39 is 27.5 Å². The molecule has 0 amide bonds. The standard InChI is InChI=1S/C14H19FO4S/c1-2-7-20(18,19)8-6-12(14(16)17)9-11-4-3-5-13(15)10-11/h3-5,10,12H,2,6-9H2,1H3,(H,16,17). The molecule has 4 nitrogen and oxygen atoms in total. The molecule has 1 unspecified atom stereocenters. The molecule has 0 heterocycles. The Bertz CT molecular complexity index is 554. The SMILES string of the molecule is CCCS(=O)(=O)CCC(Cc1cccc(F)c1)C(=O)O. The first-order chi connectivity index (χ1) is 9.34. The Kier molecular flexibility index (Phi) is 6.13. The zero-order chi connectivity index (χ0) is 15.2. The second-order valence-electron chi connectivity index (χ2n) is 4.81. The molecule has 0 saturated heterocycles. The smallest absolute Gasteiger partial charge is 0.306 e. The Morgan fingerprint density at radius 1 is 1.35 bits per heavy atom. The van der Waals surface area contributed by atoms with Gasteiger partial charge in [-0.3, -0.25) is 4.79 Å². The van der Waals surface area contributed by atoms with Gasteiger partial charge in [0.1, 0.15) is 15.7 Å². The lowest BCUT2D eigenvalue weighted by atomic mass is 9.97. The van der Waals surface area contributed by atoms with Crippen molar-refractivity contribution in [2.75, 3.05) is 11.5 Å². The van der Waals surface area contributed by atoms with E-state index in [9.17, 15) is 17.6 Å². The number of carboxylic acids is 1. The zero-order valence-corrected chi connectivity index (χ0v) is 12.2. The summed E-state index contributed by atoms with van der Waals surface area (Å²) in [5.74, 6) is -2.37. The third-order valence-corrected chi connectivity index (χ3v) is 4.90. The van der Waals surface area contributed by atoms with Crippen LogP contribution < -0.4 is 0 Å². The van der Waals surface area contributed by atoms with E-state index in [1.165, 1.54) is 18.2 Å². The van der Waals surface area contributed by atoms with Crippen molar-refractivity contribution in [3.05, 3.63) is 35.6 Å². The van der Waals surface area contributed by atoms with Crippen LogP contribution >= 0.6 is 0 Å². The lowest BCUT2D eigenvalue weighted by Crippen LogP contribution is -2.21. The molecule has 0 fully saturated rings. The van der Waals surface area contributed by atoms with E-state index in [4.69, 9.17) is 5.11 Å². The van der Waals surface area contributed by atoms with E-state index in [-0.39, 0.29) is 24.3 Å². The van der Waals surface area contributed by atoms with Crippen molar-refractivity contribution >= 4 is 15.8 Å². The summed E-state index contributed by atoms with van der Waals surface area (Å²) in [6.07, 6.45) is 0.701. The summed E-state index contributed by atoms with van der Waals surface area (Å²) >= 11 is 0. The summed E-state index contributed by atoms with van der Waals surface area (Å²) < 4.78 is 36.3. The summed E-state index contributed by atoms with van der Waals surface area (Å²) in [4.78, 5) is 11.2. The van der Waals surface area contributed by atoms with Gasteiger partial charge in [-0.2, -0.15) is 0 Å². The van der Waals surface area contributed by atoms with Crippen LogP contribution in [0.5, 0.6) is 0 Å². The Labute approximate surface area is 118 Å². The molecule has 0 aromatic heterocycles. The maximum Gasteiger partial charge on any atom is 0.306 e. The van der Waals surface area contributed by atoms with Crippen LogP contribution in [-0.4, -0.2) is 31.0 Å². The number of aliphatic carboxylic acids is 1. The molecular weight excluding hydrogens is 283 g/mol. The van der Waals surface area contributed by atoms with E-state index in [1.807, 2.05) is 0 Å². The fourth-order valence-corrected chi connectivity index (χ4v) is 3.47. The number of hydrogen-bond acceptors (Lipinski definition) is 3. The van der Waals surface area contributed by atoms with Crippen LogP contribution in [0.25, 0.3) is 0 Å². The van der Waals surface area contributed by atoms with E-state index in [0.717, 1.165) is 0 Å². The number of halogens is 1. The minimum Gasteiger partial charge on any atom is -0.481 e. The molecule has 1 aromatic carbocycles. The van der Waals surface area contributed by atoms with Crippen LogP contribution in [0.3, 0.4) is 0 Å². The number of benzene rings is 1. The summed E-state index contributed by atoms with van der Waals surface area (Å²) in [6, 6.07) is 5.71. The van der Waals surface area contributed by atoms with Gasteiger partial charge < -0.3 is 5.11 Å². The summed E-state index contributed by atoms with van der Waals surface area (Å²) in [5, 5.41) is 9.14. The molecule has 0 aliphatic carbocycles. The average molecular weight is 302 g/mol. The highest BCUT2D eigenvalue weighted by molar-refractivity contribution is 7.91. The molecule has 1 atom stereocenters. The van der Waals surface area contributed by atoms with Crippen molar-refractivity contribution in [2.45, 2.75) is 26.2 Å². The summed E-state index contributed by atoms with van der Waals surface area (Å²) in [5.41, 5.74) is 0.560. The second-order valence-corrected chi connectivity index (χ2v) is 7.11. The van der Waals surface area contributed by atoms with Crippen molar-refractivity contribution in [1.82, 2.24) is 0 Å². The topological polar surface area (TPSA) is 71.4 Å². The minimum absolute atomic E-state index is 0.0498.